The molecule has 2 atom stereocenters. The molecule has 2 heterocycles. The number of benzene rings is 1. The number of guanidine groups is 1. The molecule has 29 heavy (non-hydrogen) atoms. The number of hydrogen-bond donors (Lipinski definition) is 2. The van der Waals surface area contributed by atoms with E-state index in [9.17, 15) is 0 Å². The van der Waals surface area contributed by atoms with Crippen LogP contribution in [0.5, 0.6) is 5.75 Å². The van der Waals surface area contributed by atoms with Crippen molar-refractivity contribution < 1.29 is 13.9 Å². The number of nitrogens with one attached hydrogen (secondary N) is 2. The largest absolute Gasteiger partial charge is 0.493 e. The van der Waals surface area contributed by atoms with E-state index in [0.717, 1.165) is 36.9 Å². The second-order valence-corrected chi connectivity index (χ2v) is 8.41. The third-order valence-corrected chi connectivity index (χ3v) is 5.18. The number of methoxy groups -OCH3 is 1. The Bertz CT molecular complexity index is 781. The number of ether oxygens (including phenoxy) is 2. The second-order valence-electron chi connectivity index (χ2n) is 8.41. The predicted octanol–water partition coefficient (Wildman–Crippen LogP) is 3.94. The summed E-state index contributed by atoms with van der Waals surface area (Å²) in [6, 6.07) is 12.2. The Morgan fingerprint density at radius 2 is 2.07 bits per heavy atom. The van der Waals surface area contributed by atoms with Crippen LogP contribution in [0, 0.1) is 5.41 Å². The standard InChI is InChI=1S/C23H33N3O3/c1-23(2,3)21(27-4)16-25-22(24-13-11-17-8-7-14-28-17)26-19-12-15-29-20-10-6-5-9-18(19)20/h5-10,14,19,21H,11-13,15-16H2,1-4H3,(H2,24,25,26). The lowest BCUT2D eigenvalue weighted by Gasteiger charge is -2.30. The summed E-state index contributed by atoms with van der Waals surface area (Å²) in [5, 5.41) is 7.05. The van der Waals surface area contributed by atoms with Gasteiger partial charge in [-0.05, 0) is 23.6 Å². The van der Waals surface area contributed by atoms with Crippen LogP contribution in [0.25, 0.3) is 0 Å². The lowest BCUT2D eigenvalue weighted by molar-refractivity contribution is 0.0241. The molecule has 1 aromatic heterocycles. The van der Waals surface area contributed by atoms with E-state index in [1.165, 1.54) is 5.56 Å². The number of para-hydroxylation sites is 1. The highest BCUT2D eigenvalue weighted by Crippen LogP contribution is 2.31. The Morgan fingerprint density at radius 1 is 1.24 bits per heavy atom. The maximum atomic E-state index is 5.79. The Labute approximate surface area is 173 Å². The average Bonchev–Trinajstić information content (AvgIpc) is 3.21. The van der Waals surface area contributed by atoms with Gasteiger partial charge in [0.05, 0.1) is 31.6 Å². The van der Waals surface area contributed by atoms with Crippen LogP contribution in [-0.2, 0) is 11.2 Å². The Morgan fingerprint density at radius 3 is 2.79 bits per heavy atom. The molecule has 1 aliphatic rings. The zero-order valence-electron chi connectivity index (χ0n) is 17.9. The summed E-state index contributed by atoms with van der Waals surface area (Å²) >= 11 is 0. The van der Waals surface area contributed by atoms with Crippen LogP contribution in [0.15, 0.2) is 52.1 Å². The minimum absolute atomic E-state index is 0.0167. The summed E-state index contributed by atoms with van der Waals surface area (Å²) in [6.45, 7) is 8.52. The molecule has 0 amide bonds. The van der Waals surface area contributed by atoms with E-state index in [4.69, 9.17) is 18.9 Å². The monoisotopic (exact) mass is 399 g/mol. The predicted molar refractivity (Wildman–Crippen MR) is 115 cm³/mol. The lowest BCUT2D eigenvalue weighted by atomic mass is 9.89. The minimum Gasteiger partial charge on any atom is -0.493 e. The molecule has 1 aromatic carbocycles. The van der Waals surface area contributed by atoms with E-state index in [1.807, 2.05) is 30.3 Å². The third kappa shape index (κ3) is 6.00. The van der Waals surface area contributed by atoms with Crippen LogP contribution in [0.1, 0.15) is 44.6 Å². The molecule has 158 valence electrons. The number of rotatable bonds is 7. The molecule has 2 aromatic rings. The van der Waals surface area contributed by atoms with Gasteiger partial charge in [-0.3, -0.25) is 4.99 Å². The van der Waals surface area contributed by atoms with Crippen molar-refractivity contribution >= 4 is 5.96 Å². The number of hydrogen-bond acceptors (Lipinski definition) is 4. The maximum absolute atomic E-state index is 5.79. The van der Waals surface area contributed by atoms with Gasteiger partial charge in [-0.25, -0.2) is 0 Å². The molecular formula is C23H33N3O3. The van der Waals surface area contributed by atoms with Gasteiger partial charge in [0.1, 0.15) is 11.5 Å². The SMILES string of the molecule is COC(CN=C(NCCc1ccco1)NC1CCOc2ccccc21)C(C)(C)C. The fourth-order valence-corrected chi connectivity index (χ4v) is 3.44. The topological polar surface area (TPSA) is 68.0 Å². The number of nitrogens with zero attached hydrogens (tertiary/aromatic N) is 1. The molecule has 2 unspecified atom stereocenters. The van der Waals surface area contributed by atoms with Crippen LogP contribution in [0.2, 0.25) is 0 Å². The molecule has 0 radical (unpaired) electrons. The summed E-state index contributed by atoms with van der Waals surface area (Å²) in [5.41, 5.74) is 1.18. The summed E-state index contributed by atoms with van der Waals surface area (Å²) in [4.78, 5) is 4.85. The molecule has 6 heteroatoms. The van der Waals surface area contributed by atoms with Gasteiger partial charge in [-0.1, -0.05) is 39.0 Å². The summed E-state index contributed by atoms with van der Waals surface area (Å²) in [7, 11) is 1.75. The van der Waals surface area contributed by atoms with E-state index in [0.29, 0.717) is 13.2 Å². The Kier molecular flexibility index (Phi) is 7.20. The third-order valence-electron chi connectivity index (χ3n) is 5.18. The molecule has 3 rings (SSSR count). The highest BCUT2D eigenvalue weighted by Gasteiger charge is 2.25. The first-order valence-corrected chi connectivity index (χ1v) is 10.3. The number of aliphatic imine (C=N–C) groups is 1. The molecule has 2 N–H and O–H groups in total. The molecular weight excluding hydrogens is 366 g/mol. The summed E-state index contributed by atoms with van der Waals surface area (Å²) in [5.74, 6) is 2.68. The van der Waals surface area contributed by atoms with Gasteiger partial charge in [-0.2, -0.15) is 0 Å². The first kappa shape index (κ1) is 21.2. The van der Waals surface area contributed by atoms with Crippen molar-refractivity contribution in [1.29, 1.82) is 0 Å². The van der Waals surface area contributed by atoms with Crippen molar-refractivity contribution in [3.8, 4) is 5.75 Å². The van der Waals surface area contributed by atoms with Gasteiger partial charge < -0.3 is 24.5 Å². The number of furan rings is 1. The van der Waals surface area contributed by atoms with Gasteiger partial charge in [0.2, 0.25) is 0 Å². The first-order chi connectivity index (χ1) is 14.0. The fraction of sp³-hybridized carbons (Fsp3) is 0.522. The number of fused-ring (bicyclic) bond motifs is 1. The van der Waals surface area contributed by atoms with Gasteiger partial charge in [0, 0.05) is 32.1 Å². The van der Waals surface area contributed by atoms with Crippen molar-refractivity contribution in [3.63, 3.8) is 0 Å². The quantitative estimate of drug-likeness (QED) is 0.545. The molecule has 0 fully saturated rings. The van der Waals surface area contributed by atoms with Crippen LogP contribution < -0.4 is 15.4 Å². The lowest BCUT2D eigenvalue weighted by Crippen LogP contribution is -2.43. The van der Waals surface area contributed by atoms with E-state index in [-0.39, 0.29) is 17.6 Å². The highest BCUT2D eigenvalue weighted by molar-refractivity contribution is 5.80. The Balaban J connectivity index is 1.70. The molecule has 0 bridgehead atoms. The van der Waals surface area contributed by atoms with Gasteiger partial charge in [-0.15, -0.1) is 0 Å². The normalized spacial score (nSPS) is 17.9. The highest BCUT2D eigenvalue weighted by atomic mass is 16.5. The molecule has 0 saturated heterocycles. The fourth-order valence-electron chi connectivity index (χ4n) is 3.44. The summed E-state index contributed by atoms with van der Waals surface area (Å²) in [6.07, 6.45) is 3.43. The van der Waals surface area contributed by atoms with Crippen LogP contribution >= 0.6 is 0 Å². The van der Waals surface area contributed by atoms with Crippen molar-refractivity contribution in [3.05, 3.63) is 54.0 Å². The van der Waals surface area contributed by atoms with Crippen molar-refractivity contribution in [2.45, 2.75) is 45.8 Å². The maximum Gasteiger partial charge on any atom is 0.191 e. The van der Waals surface area contributed by atoms with Gasteiger partial charge in [0.25, 0.3) is 0 Å². The summed E-state index contributed by atoms with van der Waals surface area (Å²) < 4.78 is 16.9. The van der Waals surface area contributed by atoms with Gasteiger partial charge >= 0.3 is 0 Å². The van der Waals surface area contributed by atoms with Crippen molar-refractivity contribution in [2.75, 3.05) is 26.8 Å². The van der Waals surface area contributed by atoms with Crippen molar-refractivity contribution in [2.24, 2.45) is 10.4 Å². The molecule has 0 aliphatic carbocycles. The van der Waals surface area contributed by atoms with Crippen LogP contribution in [0.3, 0.4) is 0 Å². The molecule has 0 spiro atoms. The first-order valence-electron chi connectivity index (χ1n) is 10.3. The van der Waals surface area contributed by atoms with E-state index >= 15 is 0 Å². The second kappa shape index (κ2) is 9.83. The van der Waals surface area contributed by atoms with E-state index < -0.39 is 0 Å². The van der Waals surface area contributed by atoms with Crippen molar-refractivity contribution in [1.82, 2.24) is 10.6 Å². The van der Waals surface area contributed by atoms with Gasteiger partial charge in [0.15, 0.2) is 5.96 Å². The average molecular weight is 400 g/mol. The zero-order valence-corrected chi connectivity index (χ0v) is 17.9. The molecule has 0 saturated carbocycles. The molecule has 1 aliphatic heterocycles. The van der Waals surface area contributed by atoms with Crippen LogP contribution in [-0.4, -0.2) is 38.9 Å². The Hall–Kier alpha value is -2.47. The minimum atomic E-state index is 0.0167. The van der Waals surface area contributed by atoms with Crippen LogP contribution in [0.4, 0.5) is 0 Å². The molecule has 6 nitrogen and oxygen atoms in total. The smallest absolute Gasteiger partial charge is 0.191 e. The van der Waals surface area contributed by atoms with E-state index in [1.54, 1.807) is 13.4 Å². The zero-order chi connectivity index (χ0) is 20.7. The van der Waals surface area contributed by atoms with E-state index in [2.05, 4.69) is 37.5 Å².